The van der Waals surface area contributed by atoms with E-state index in [2.05, 4.69) is 26.1 Å². The number of halogens is 1. The van der Waals surface area contributed by atoms with E-state index in [0.717, 1.165) is 18.2 Å². The molecule has 90 valence electrons. The van der Waals surface area contributed by atoms with E-state index < -0.39 is 0 Å². The summed E-state index contributed by atoms with van der Waals surface area (Å²) in [6.07, 6.45) is 6.79. The molecule has 1 rings (SSSR count). The number of nitrogens with one attached hydrogen (secondary N) is 1. The molecular formula is C13H26ClN. The van der Waals surface area contributed by atoms with Gasteiger partial charge in [-0.2, -0.15) is 0 Å². The molecule has 1 N–H and O–H groups in total. The summed E-state index contributed by atoms with van der Waals surface area (Å²) in [5.74, 6) is 1.68. The second-order valence-electron chi connectivity index (χ2n) is 5.95. The number of hydrogen-bond acceptors (Lipinski definition) is 1. The zero-order valence-corrected chi connectivity index (χ0v) is 11.2. The van der Waals surface area contributed by atoms with Gasteiger partial charge in [-0.15, -0.1) is 11.6 Å². The van der Waals surface area contributed by atoms with Crippen molar-refractivity contribution < 1.29 is 0 Å². The monoisotopic (exact) mass is 231 g/mol. The Hall–Kier alpha value is 0.250. The van der Waals surface area contributed by atoms with Crippen LogP contribution in [0.25, 0.3) is 0 Å². The molecule has 0 aromatic carbocycles. The molecule has 1 aliphatic carbocycles. The lowest BCUT2D eigenvalue weighted by Crippen LogP contribution is -2.42. The zero-order valence-electron chi connectivity index (χ0n) is 10.5. The zero-order chi connectivity index (χ0) is 11.3. The summed E-state index contributed by atoms with van der Waals surface area (Å²) >= 11 is 5.86. The predicted molar refractivity (Wildman–Crippen MR) is 68.5 cm³/mol. The average Bonchev–Trinajstić information content (AvgIpc) is 2.62. The second-order valence-corrected chi connectivity index (χ2v) is 6.33. The van der Waals surface area contributed by atoms with E-state index in [1.165, 1.54) is 32.2 Å². The molecule has 0 aliphatic heterocycles. The SMILES string of the molecule is CC(C)(C)C(CCCl)NCC1CCCC1. The minimum Gasteiger partial charge on any atom is -0.313 e. The molecule has 0 spiro atoms. The van der Waals surface area contributed by atoms with Crippen molar-refractivity contribution in [3.8, 4) is 0 Å². The molecule has 1 atom stereocenters. The van der Waals surface area contributed by atoms with Crippen LogP contribution in [0.4, 0.5) is 0 Å². The predicted octanol–water partition coefficient (Wildman–Crippen LogP) is 3.81. The first-order valence-electron chi connectivity index (χ1n) is 6.33. The van der Waals surface area contributed by atoms with Gasteiger partial charge in [-0.1, -0.05) is 33.6 Å². The van der Waals surface area contributed by atoms with E-state index in [1.807, 2.05) is 0 Å². The van der Waals surface area contributed by atoms with E-state index in [4.69, 9.17) is 11.6 Å². The summed E-state index contributed by atoms with van der Waals surface area (Å²) in [4.78, 5) is 0. The van der Waals surface area contributed by atoms with Crippen LogP contribution in [0.1, 0.15) is 52.9 Å². The maximum atomic E-state index is 5.86. The van der Waals surface area contributed by atoms with Crippen LogP contribution in [0.3, 0.4) is 0 Å². The largest absolute Gasteiger partial charge is 0.313 e. The molecule has 0 aromatic rings. The Bertz CT molecular complexity index is 168. The average molecular weight is 232 g/mol. The fourth-order valence-electron chi connectivity index (χ4n) is 2.47. The van der Waals surface area contributed by atoms with Crippen molar-refractivity contribution in [2.45, 2.75) is 58.9 Å². The summed E-state index contributed by atoms with van der Waals surface area (Å²) in [6, 6.07) is 0.565. The summed E-state index contributed by atoms with van der Waals surface area (Å²) < 4.78 is 0. The van der Waals surface area contributed by atoms with Crippen LogP contribution in [-0.4, -0.2) is 18.5 Å². The molecule has 1 nitrogen and oxygen atoms in total. The summed E-state index contributed by atoms with van der Waals surface area (Å²) in [5, 5.41) is 3.72. The Morgan fingerprint density at radius 1 is 1.27 bits per heavy atom. The highest BCUT2D eigenvalue weighted by Gasteiger charge is 2.25. The third-order valence-corrected chi connectivity index (χ3v) is 3.79. The third-order valence-electron chi connectivity index (χ3n) is 3.57. The maximum absolute atomic E-state index is 5.86. The Morgan fingerprint density at radius 2 is 1.87 bits per heavy atom. The molecule has 0 bridgehead atoms. The van der Waals surface area contributed by atoms with Gasteiger partial charge in [-0.25, -0.2) is 0 Å². The maximum Gasteiger partial charge on any atom is 0.0238 e. The van der Waals surface area contributed by atoms with Crippen molar-refractivity contribution in [1.82, 2.24) is 5.32 Å². The van der Waals surface area contributed by atoms with Crippen molar-refractivity contribution in [1.29, 1.82) is 0 Å². The van der Waals surface area contributed by atoms with E-state index in [0.29, 0.717) is 11.5 Å². The van der Waals surface area contributed by atoms with Crippen LogP contribution < -0.4 is 5.32 Å². The van der Waals surface area contributed by atoms with Gasteiger partial charge in [0.05, 0.1) is 0 Å². The molecule has 0 heterocycles. The minimum absolute atomic E-state index is 0.327. The fraction of sp³-hybridized carbons (Fsp3) is 1.00. The molecule has 1 unspecified atom stereocenters. The van der Waals surface area contributed by atoms with Crippen LogP contribution in [0, 0.1) is 11.3 Å². The van der Waals surface area contributed by atoms with Gasteiger partial charge in [0, 0.05) is 11.9 Å². The number of hydrogen-bond donors (Lipinski definition) is 1. The Morgan fingerprint density at radius 3 is 2.33 bits per heavy atom. The van der Waals surface area contributed by atoms with Gasteiger partial charge in [0.25, 0.3) is 0 Å². The summed E-state index contributed by atoms with van der Waals surface area (Å²) in [6.45, 7) is 8.09. The van der Waals surface area contributed by atoms with Gasteiger partial charge in [-0.05, 0) is 37.1 Å². The van der Waals surface area contributed by atoms with E-state index >= 15 is 0 Å². The lowest BCUT2D eigenvalue weighted by atomic mass is 9.85. The van der Waals surface area contributed by atoms with E-state index in [-0.39, 0.29) is 0 Å². The van der Waals surface area contributed by atoms with Crippen molar-refractivity contribution in [2.24, 2.45) is 11.3 Å². The van der Waals surface area contributed by atoms with Crippen LogP contribution in [0.2, 0.25) is 0 Å². The molecule has 15 heavy (non-hydrogen) atoms. The van der Waals surface area contributed by atoms with Gasteiger partial charge < -0.3 is 5.32 Å². The molecule has 0 amide bonds. The van der Waals surface area contributed by atoms with E-state index in [9.17, 15) is 0 Å². The van der Waals surface area contributed by atoms with Gasteiger partial charge in [0.15, 0.2) is 0 Å². The Labute approximate surface area is 100.0 Å². The first kappa shape index (κ1) is 13.3. The fourth-order valence-corrected chi connectivity index (χ4v) is 2.69. The minimum atomic E-state index is 0.327. The van der Waals surface area contributed by atoms with Crippen molar-refractivity contribution in [3.05, 3.63) is 0 Å². The third kappa shape index (κ3) is 4.74. The van der Waals surface area contributed by atoms with Crippen LogP contribution in [-0.2, 0) is 0 Å². The van der Waals surface area contributed by atoms with Gasteiger partial charge in [0.2, 0.25) is 0 Å². The molecule has 1 saturated carbocycles. The second kappa shape index (κ2) is 6.10. The van der Waals surface area contributed by atoms with Gasteiger partial charge >= 0.3 is 0 Å². The van der Waals surface area contributed by atoms with Crippen LogP contribution in [0.15, 0.2) is 0 Å². The quantitative estimate of drug-likeness (QED) is 0.710. The molecule has 0 aromatic heterocycles. The number of rotatable bonds is 5. The molecule has 1 fully saturated rings. The lowest BCUT2D eigenvalue weighted by molar-refractivity contribution is 0.250. The van der Waals surface area contributed by atoms with Crippen molar-refractivity contribution in [3.63, 3.8) is 0 Å². The highest BCUT2D eigenvalue weighted by atomic mass is 35.5. The first-order valence-corrected chi connectivity index (χ1v) is 6.87. The Balaban J connectivity index is 2.30. The first-order chi connectivity index (χ1) is 7.04. The van der Waals surface area contributed by atoms with E-state index in [1.54, 1.807) is 0 Å². The van der Waals surface area contributed by atoms with Crippen LogP contribution in [0.5, 0.6) is 0 Å². The van der Waals surface area contributed by atoms with Gasteiger partial charge in [0.1, 0.15) is 0 Å². The molecule has 1 aliphatic rings. The highest BCUT2D eigenvalue weighted by molar-refractivity contribution is 6.17. The molecule has 2 heteroatoms. The van der Waals surface area contributed by atoms with Crippen molar-refractivity contribution >= 4 is 11.6 Å². The normalized spacial score (nSPS) is 20.8. The highest BCUT2D eigenvalue weighted by Crippen LogP contribution is 2.26. The molecular weight excluding hydrogens is 206 g/mol. The molecule has 0 radical (unpaired) electrons. The van der Waals surface area contributed by atoms with Crippen LogP contribution >= 0.6 is 11.6 Å². The smallest absolute Gasteiger partial charge is 0.0238 e. The topological polar surface area (TPSA) is 12.0 Å². The standard InChI is InChI=1S/C13H26ClN/c1-13(2,3)12(8-9-14)15-10-11-6-4-5-7-11/h11-12,15H,4-10H2,1-3H3. The number of alkyl halides is 1. The van der Waals surface area contributed by atoms with Gasteiger partial charge in [-0.3, -0.25) is 0 Å². The lowest BCUT2D eigenvalue weighted by Gasteiger charge is -2.32. The molecule has 0 saturated heterocycles. The summed E-state index contributed by atoms with van der Waals surface area (Å²) in [7, 11) is 0. The Kier molecular flexibility index (Phi) is 5.42. The van der Waals surface area contributed by atoms with Crippen molar-refractivity contribution in [2.75, 3.05) is 12.4 Å². The summed E-state index contributed by atoms with van der Waals surface area (Å²) in [5.41, 5.74) is 0.327.